The van der Waals surface area contributed by atoms with E-state index in [9.17, 15) is 0 Å². The molecule has 1 N–H and O–H groups in total. The van der Waals surface area contributed by atoms with Gasteiger partial charge in [-0.25, -0.2) is 15.0 Å². The summed E-state index contributed by atoms with van der Waals surface area (Å²) in [7, 11) is 1.98. The number of anilines is 1. The van der Waals surface area contributed by atoms with Gasteiger partial charge >= 0.3 is 0 Å². The molecule has 0 amide bonds. The predicted octanol–water partition coefficient (Wildman–Crippen LogP) is 1.66. The lowest BCUT2D eigenvalue weighted by atomic mass is 9.93. The number of nitrogens with zero attached hydrogens (tertiary/aromatic N) is 5. The number of rotatable bonds is 4. The van der Waals surface area contributed by atoms with Crippen molar-refractivity contribution >= 4 is 5.95 Å². The zero-order chi connectivity index (χ0) is 15.4. The third kappa shape index (κ3) is 3.07. The van der Waals surface area contributed by atoms with E-state index in [0.717, 1.165) is 25.3 Å². The van der Waals surface area contributed by atoms with E-state index in [1.54, 1.807) is 18.5 Å². The van der Waals surface area contributed by atoms with E-state index in [-0.39, 0.29) is 6.10 Å². The fourth-order valence-electron chi connectivity index (χ4n) is 2.72. The average molecular weight is 298 g/mol. The molecule has 1 saturated heterocycles. The Morgan fingerprint density at radius 2 is 2.36 bits per heavy atom. The van der Waals surface area contributed by atoms with Crippen molar-refractivity contribution in [2.24, 2.45) is 13.0 Å². The highest BCUT2D eigenvalue weighted by Crippen LogP contribution is 2.32. The molecule has 7 nitrogen and oxygen atoms in total. The second kappa shape index (κ2) is 6.54. The first-order chi connectivity index (χ1) is 10.8. The number of nitriles is 1. The fourth-order valence-corrected chi connectivity index (χ4v) is 2.72. The Balaban J connectivity index is 1.69. The van der Waals surface area contributed by atoms with Crippen LogP contribution in [0.25, 0.3) is 0 Å². The van der Waals surface area contributed by atoms with Crippen LogP contribution in [0.3, 0.4) is 0 Å². The van der Waals surface area contributed by atoms with E-state index >= 15 is 0 Å². The van der Waals surface area contributed by atoms with Gasteiger partial charge in [-0.15, -0.1) is 0 Å². The second-order valence-electron chi connectivity index (χ2n) is 5.35. The van der Waals surface area contributed by atoms with Crippen molar-refractivity contribution in [1.29, 1.82) is 5.26 Å². The van der Waals surface area contributed by atoms with Gasteiger partial charge in [0.1, 0.15) is 23.7 Å². The molecule has 3 rings (SSSR count). The molecule has 0 aliphatic carbocycles. The van der Waals surface area contributed by atoms with E-state index in [2.05, 4.69) is 20.3 Å². The number of aryl methyl sites for hydroxylation is 1. The van der Waals surface area contributed by atoms with Crippen molar-refractivity contribution in [3.8, 4) is 6.07 Å². The zero-order valence-electron chi connectivity index (χ0n) is 12.4. The summed E-state index contributed by atoms with van der Waals surface area (Å²) in [5.41, 5.74) is 0.359. The molecular weight excluding hydrogens is 280 g/mol. The molecule has 2 aromatic heterocycles. The van der Waals surface area contributed by atoms with Crippen LogP contribution >= 0.6 is 0 Å². The van der Waals surface area contributed by atoms with Gasteiger partial charge in [0.15, 0.2) is 0 Å². The maximum atomic E-state index is 8.88. The Morgan fingerprint density at radius 1 is 1.45 bits per heavy atom. The van der Waals surface area contributed by atoms with Crippen LogP contribution in [-0.2, 0) is 11.8 Å². The molecule has 2 aromatic rings. The molecule has 0 spiro atoms. The van der Waals surface area contributed by atoms with Crippen molar-refractivity contribution in [3.63, 3.8) is 0 Å². The van der Waals surface area contributed by atoms with E-state index < -0.39 is 0 Å². The lowest BCUT2D eigenvalue weighted by Gasteiger charge is -2.31. The lowest BCUT2D eigenvalue weighted by Crippen LogP contribution is -2.30. The van der Waals surface area contributed by atoms with Crippen molar-refractivity contribution in [2.45, 2.75) is 18.9 Å². The number of aromatic nitrogens is 4. The van der Waals surface area contributed by atoms with Crippen LogP contribution in [0.5, 0.6) is 0 Å². The first-order valence-corrected chi connectivity index (χ1v) is 7.34. The number of hydrogen-bond acceptors (Lipinski definition) is 6. The van der Waals surface area contributed by atoms with Crippen molar-refractivity contribution in [3.05, 3.63) is 36.2 Å². The first-order valence-electron chi connectivity index (χ1n) is 7.34. The summed E-state index contributed by atoms with van der Waals surface area (Å²) in [5, 5.41) is 12.1. The summed E-state index contributed by atoms with van der Waals surface area (Å²) in [4.78, 5) is 12.7. The minimum Gasteiger partial charge on any atom is -0.370 e. The van der Waals surface area contributed by atoms with Crippen LogP contribution < -0.4 is 5.32 Å². The summed E-state index contributed by atoms with van der Waals surface area (Å²) < 4.78 is 7.93. The minimum absolute atomic E-state index is 0.0274. The Bertz CT molecular complexity index is 677. The molecule has 0 saturated carbocycles. The maximum absolute atomic E-state index is 8.88. The Kier molecular flexibility index (Phi) is 4.30. The number of ether oxygens (including phenoxy) is 1. The third-order valence-electron chi connectivity index (χ3n) is 3.85. The standard InChI is InChI=1S/C15H18N6O/c1-21-7-6-17-14(21)13-11(3-2-8-22-13)10-19-15-18-5-4-12(9-16)20-15/h4-7,11,13H,2-3,8,10H2,1H3,(H,18,19,20)/t11-,13+/m0/s1. The van der Waals surface area contributed by atoms with Gasteiger partial charge < -0.3 is 14.6 Å². The molecule has 114 valence electrons. The molecule has 2 atom stereocenters. The molecule has 1 aliphatic heterocycles. The molecule has 7 heteroatoms. The van der Waals surface area contributed by atoms with Crippen LogP contribution in [0.1, 0.15) is 30.5 Å². The van der Waals surface area contributed by atoms with Gasteiger partial charge in [-0.1, -0.05) is 0 Å². The van der Waals surface area contributed by atoms with Crippen molar-refractivity contribution in [2.75, 3.05) is 18.5 Å². The Morgan fingerprint density at radius 3 is 3.14 bits per heavy atom. The zero-order valence-corrected chi connectivity index (χ0v) is 12.4. The van der Waals surface area contributed by atoms with E-state index in [1.807, 2.05) is 23.9 Å². The van der Waals surface area contributed by atoms with Crippen LogP contribution in [-0.4, -0.2) is 32.7 Å². The van der Waals surface area contributed by atoms with Gasteiger partial charge in [-0.3, -0.25) is 0 Å². The molecule has 0 unspecified atom stereocenters. The van der Waals surface area contributed by atoms with Gasteiger partial charge in [0.05, 0.1) is 0 Å². The lowest BCUT2D eigenvalue weighted by molar-refractivity contribution is -0.0305. The van der Waals surface area contributed by atoms with Gasteiger partial charge in [0, 0.05) is 44.7 Å². The molecule has 0 aromatic carbocycles. The summed E-state index contributed by atoms with van der Waals surface area (Å²) >= 11 is 0. The largest absolute Gasteiger partial charge is 0.370 e. The summed E-state index contributed by atoms with van der Waals surface area (Å²) in [6.45, 7) is 1.45. The van der Waals surface area contributed by atoms with Crippen LogP contribution in [0.2, 0.25) is 0 Å². The molecule has 22 heavy (non-hydrogen) atoms. The van der Waals surface area contributed by atoms with Crippen molar-refractivity contribution < 1.29 is 4.74 Å². The predicted molar refractivity (Wildman–Crippen MR) is 79.9 cm³/mol. The normalized spacial score (nSPS) is 21.3. The topological polar surface area (TPSA) is 88.6 Å². The smallest absolute Gasteiger partial charge is 0.223 e. The van der Waals surface area contributed by atoms with E-state index in [1.165, 1.54) is 0 Å². The van der Waals surface area contributed by atoms with Crippen LogP contribution in [0.15, 0.2) is 24.7 Å². The van der Waals surface area contributed by atoms with Gasteiger partial charge in [-0.05, 0) is 18.9 Å². The fraction of sp³-hybridized carbons (Fsp3) is 0.467. The molecule has 3 heterocycles. The number of imidazole rings is 1. The van der Waals surface area contributed by atoms with Gasteiger partial charge in [0.2, 0.25) is 5.95 Å². The highest BCUT2D eigenvalue weighted by Gasteiger charge is 2.30. The Labute approximate surface area is 129 Å². The van der Waals surface area contributed by atoms with E-state index in [0.29, 0.717) is 24.1 Å². The molecule has 0 radical (unpaired) electrons. The second-order valence-corrected chi connectivity index (χ2v) is 5.35. The molecule has 0 bridgehead atoms. The Hall–Kier alpha value is -2.46. The van der Waals surface area contributed by atoms with Crippen LogP contribution in [0.4, 0.5) is 5.95 Å². The summed E-state index contributed by atoms with van der Waals surface area (Å²) in [6.07, 6.45) is 7.37. The SMILES string of the molecule is Cn1ccnc1[C@@H]1OCCC[C@H]1CNc1nccc(C#N)n1. The summed E-state index contributed by atoms with van der Waals surface area (Å²) in [6, 6.07) is 3.60. The molecular formula is C15H18N6O. The third-order valence-corrected chi connectivity index (χ3v) is 3.85. The number of hydrogen-bond donors (Lipinski definition) is 1. The first kappa shape index (κ1) is 14.5. The quantitative estimate of drug-likeness (QED) is 0.923. The highest BCUT2D eigenvalue weighted by atomic mass is 16.5. The molecule has 1 aliphatic rings. The van der Waals surface area contributed by atoms with Crippen LogP contribution in [0, 0.1) is 17.2 Å². The highest BCUT2D eigenvalue weighted by molar-refractivity contribution is 5.30. The average Bonchev–Trinajstić information content (AvgIpc) is 2.99. The number of nitrogens with one attached hydrogen (secondary N) is 1. The monoisotopic (exact) mass is 298 g/mol. The van der Waals surface area contributed by atoms with Crippen molar-refractivity contribution in [1.82, 2.24) is 19.5 Å². The van der Waals surface area contributed by atoms with Gasteiger partial charge in [0.25, 0.3) is 0 Å². The minimum atomic E-state index is -0.0274. The van der Waals surface area contributed by atoms with Gasteiger partial charge in [-0.2, -0.15) is 5.26 Å². The maximum Gasteiger partial charge on any atom is 0.223 e. The molecule has 1 fully saturated rings. The van der Waals surface area contributed by atoms with E-state index in [4.69, 9.17) is 10.00 Å². The summed E-state index contributed by atoms with van der Waals surface area (Å²) in [5.74, 6) is 1.71.